The molecule has 3 aromatic rings. The highest BCUT2D eigenvalue weighted by atomic mass is 35.5. The first-order valence-electron chi connectivity index (χ1n) is 13.2. The third kappa shape index (κ3) is 6.56. The van der Waals surface area contributed by atoms with Gasteiger partial charge in [0.1, 0.15) is 0 Å². The second-order valence-corrected chi connectivity index (χ2v) is 10.8. The lowest BCUT2D eigenvalue weighted by molar-refractivity contribution is -0.191. The molecule has 2 atom stereocenters. The molecule has 1 aliphatic rings. The second kappa shape index (κ2) is 12.2. The maximum Gasteiger partial charge on any atom is 0.413 e. The first-order chi connectivity index (χ1) is 19.3. The zero-order chi connectivity index (χ0) is 30.1. The van der Waals surface area contributed by atoms with Crippen molar-refractivity contribution in [3.63, 3.8) is 0 Å². The molecule has 0 bridgehead atoms. The van der Waals surface area contributed by atoms with Crippen LogP contribution in [0.5, 0.6) is 0 Å². The van der Waals surface area contributed by atoms with Gasteiger partial charge in [-0.05, 0) is 61.9 Å². The van der Waals surface area contributed by atoms with E-state index >= 15 is 0 Å². The number of halogens is 4. The van der Waals surface area contributed by atoms with Crippen LogP contribution in [0.2, 0.25) is 5.28 Å². The third-order valence-electron chi connectivity index (χ3n) is 7.53. The predicted molar refractivity (Wildman–Crippen MR) is 147 cm³/mol. The summed E-state index contributed by atoms with van der Waals surface area (Å²) in [6.45, 7) is 1.80. The van der Waals surface area contributed by atoms with Gasteiger partial charge in [0, 0.05) is 45.8 Å². The summed E-state index contributed by atoms with van der Waals surface area (Å²) in [6, 6.07) is 3.57. The molecule has 1 aromatic carbocycles. The lowest BCUT2D eigenvalue weighted by Crippen LogP contribution is -2.44. The highest BCUT2D eigenvalue weighted by Crippen LogP contribution is 2.40. The van der Waals surface area contributed by atoms with Crippen molar-refractivity contribution >= 4 is 40.6 Å². The smallest absolute Gasteiger partial charge is 0.375 e. The van der Waals surface area contributed by atoms with Crippen LogP contribution in [0.25, 0.3) is 5.78 Å². The molecular weight excluding hydrogens is 563 g/mol. The van der Waals surface area contributed by atoms with Gasteiger partial charge in [-0.25, -0.2) is 4.98 Å². The molecule has 1 N–H and O–H groups in total. The molecule has 14 heteroatoms. The van der Waals surface area contributed by atoms with E-state index < -0.39 is 30.1 Å². The average Bonchev–Trinajstić information content (AvgIpc) is 3.32. The molecule has 10 nitrogen and oxygen atoms in total. The van der Waals surface area contributed by atoms with E-state index in [1.807, 2.05) is 0 Å². The molecule has 41 heavy (non-hydrogen) atoms. The normalized spacial score (nSPS) is 19.0. The first kappa shape index (κ1) is 30.5. The van der Waals surface area contributed by atoms with Gasteiger partial charge in [-0.3, -0.25) is 9.59 Å². The van der Waals surface area contributed by atoms with Gasteiger partial charge in [-0.1, -0.05) is 12.1 Å². The molecule has 2 aromatic heterocycles. The van der Waals surface area contributed by atoms with E-state index in [1.165, 1.54) is 54.0 Å². The molecule has 1 aliphatic carbocycles. The molecule has 0 aliphatic heterocycles. The number of benzene rings is 1. The Balaban J connectivity index is 1.53. The van der Waals surface area contributed by atoms with Crippen molar-refractivity contribution in [3.05, 3.63) is 47.0 Å². The number of carbonyl (C=O) groups is 2. The first-order valence-corrected chi connectivity index (χ1v) is 13.5. The van der Waals surface area contributed by atoms with Gasteiger partial charge in [0.2, 0.25) is 17.1 Å². The number of hydrogen-bond acceptors (Lipinski definition) is 7. The van der Waals surface area contributed by atoms with Crippen LogP contribution in [0.1, 0.15) is 56.0 Å². The Hall–Kier alpha value is -3.45. The van der Waals surface area contributed by atoms with Crippen molar-refractivity contribution < 1.29 is 27.5 Å². The van der Waals surface area contributed by atoms with Gasteiger partial charge in [0.25, 0.3) is 5.78 Å². The Bertz CT molecular complexity index is 1390. The summed E-state index contributed by atoms with van der Waals surface area (Å²) in [5.74, 6) is -1.09. The molecule has 0 radical (unpaired) electrons. The van der Waals surface area contributed by atoms with E-state index in [0.717, 1.165) is 4.90 Å². The van der Waals surface area contributed by atoms with Crippen LogP contribution in [0, 0.1) is 11.8 Å². The number of fused-ring (bicyclic) bond motifs is 1. The summed E-state index contributed by atoms with van der Waals surface area (Å²) in [5.41, 5.74) is 1.49. The van der Waals surface area contributed by atoms with Crippen molar-refractivity contribution in [2.24, 2.45) is 11.8 Å². The van der Waals surface area contributed by atoms with E-state index in [-0.39, 0.29) is 28.4 Å². The summed E-state index contributed by atoms with van der Waals surface area (Å²) in [6.07, 6.45) is -1.92. The predicted octanol–water partition coefficient (Wildman–Crippen LogP) is 5.19. The number of methoxy groups -OCH3 is 1. The standard InChI is InChI=1S/C27H33ClF3N7O3/c1-15(41-5)21-20(14-32-26-34-25(28)35-38(21)26)33-19-12-10-16(11-13-19)22(27(29,30)31)37(4)24(40)18-8-6-17(7-9-18)23(39)36(2)3/h10-15,17-18,22,33H,6-9H2,1-5H3/t15-,17?,18?,22+/m0/s1. The Kier molecular flexibility index (Phi) is 9.07. The van der Waals surface area contributed by atoms with Crippen molar-refractivity contribution in [1.29, 1.82) is 0 Å². The fourth-order valence-electron chi connectivity index (χ4n) is 5.33. The molecule has 0 unspecified atom stereocenters. The minimum atomic E-state index is -4.69. The zero-order valence-corrected chi connectivity index (χ0v) is 24.2. The van der Waals surface area contributed by atoms with Crippen molar-refractivity contribution in [2.45, 2.75) is 50.9 Å². The maximum atomic E-state index is 14.3. The van der Waals surface area contributed by atoms with Crippen LogP contribution in [0.3, 0.4) is 0 Å². The summed E-state index contributed by atoms with van der Waals surface area (Å²) in [7, 11) is 6.05. The van der Waals surface area contributed by atoms with Crippen LogP contribution >= 0.6 is 11.6 Å². The van der Waals surface area contributed by atoms with Crippen LogP contribution in [0.4, 0.5) is 24.5 Å². The van der Waals surface area contributed by atoms with Crippen LogP contribution in [0.15, 0.2) is 30.5 Å². The minimum Gasteiger partial charge on any atom is -0.375 e. The van der Waals surface area contributed by atoms with E-state index in [9.17, 15) is 22.8 Å². The van der Waals surface area contributed by atoms with Crippen LogP contribution in [-0.4, -0.2) is 75.6 Å². The molecule has 2 heterocycles. The topological polar surface area (TPSA) is 105 Å². The van der Waals surface area contributed by atoms with Crippen LogP contribution in [-0.2, 0) is 14.3 Å². The van der Waals surface area contributed by atoms with Crippen molar-refractivity contribution in [2.75, 3.05) is 33.6 Å². The second-order valence-electron chi connectivity index (χ2n) is 10.4. The minimum absolute atomic E-state index is 0.00973. The number of carbonyl (C=O) groups excluding carboxylic acids is 2. The molecule has 1 saturated carbocycles. The van der Waals surface area contributed by atoms with E-state index in [0.29, 0.717) is 42.8 Å². The highest BCUT2D eigenvalue weighted by molar-refractivity contribution is 6.28. The Morgan fingerprint density at radius 3 is 2.20 bits per heavy atom. The summed E-state index contributed by atoms with van der Waals surface area (Å²) in [4.78, 5) is 36.0. The largest absolute Gasteiger partial charge is 0.413 e. The Labute approximate surface area is 240 Å². The number of hydrogen-bond donors (Lipinski definition) is 1. The molecule has 0 spiro atoms. The lowest BCUT2D eigenvalue weighted by Gasteiger charge is -2.35. The lowest BCUT2D eigenvalue weighted by atomic mass is 9.80. The number of alkyl halides is 3. The quantitative estimate of drug-likeness (QED) is 0.382. The van der Waals surface area contributed by atoms with E-state index in [2.05, 4.69) is 20.4 Å². The van der Waals surface area contributed by atoms with Gasteiger partial charge in [-0.15, -0.1) is 5.10 Å². The molecule has 4 rings (SSSR count). The van der Waals surface area contributed by atoms with E-state index in [1.54, 1.807) is 21.0 Å². The summed E-state index contributed by atoms with van der Waals surface area (Å²) < 4.78 is 49.8. The molecule has 1 fully saturated rings. The van der Waals surface area contributed by atoms with Crippen molar-refractivity contribution in [3.8, 4) is 0 Å². The highest BCUT2D eigenvalue weighted by Gasteiger charge is 2.46. The summed E-state index contributed by atoms with van der Waals surface area (Å²) in [5, 5.41) is 7.31. The zero-order valence-electron chi connectivity index (χ0n) is 23.4. The number of aromatic nitrogens is 4. The molecule has 222 valence electrons. The number of rotatable bonds is 8. The Morgan fingerprint density at radius 1 is 1.07 bits per heavy atom. The summed E-state index contributed by atoms with van der Waals surface area (Å²) >= 11 is 5.95. The average molecular weight is 596 g/mol. The number of nitrogens with zero attached hydrogens (tertiary/aromatic N) is 6. The molecule has 0 saturated heterocycles. The third-order valence-corrected chi connectivity index (χ3v) is 7.69. The van der Waals surface area contributed by atoms with Gasteiger partial charge in [0.15, 0.2) is 6.04 Å². The number of amides is 2. The van der Waals surface area contributed by atoms with Gasteiger partial charge in [0.05, 0.1) is 23.7 Å². The SMILES string of the molecule is CO[C@@H](C)c1c(Nc2ccc([C@@H](N(C)C(=O)C3CCC(C(=O)N(C)C)CC3)C(F)(F)F)cc2)cnc2nc(Cl)nn12. The monoisotopic (exact) mass is 595 g/mol. The van der Waals surface area contributed by atoms with Gasteiger partial charge < -0.3 is 19.9 Å². The molecule has 2 amide bonds. The number of nitrogens with one attached hydrogen (secondary N) is 1. The fraction of sp³-hybridized carbons (Fsp3) is 0.519. The van der Waals surface area contributed by atoms with Crippen molar-refractivity contribution in [1.82, 2.24) is 29.4 Å². The number of ether oxygens (including phenoxy) is 1. The molecular formula is C27H33ClF3N7O3. The van der Waals surface area contributed by atoms with Crippen LogP contribution < -0.4 is 5.32 Å². The van der Waals surface area contributed by atoms with E-state index in [4.69, 9.17) is 16.3 Å². The maximum absolute atomic E-state index is 14.3. The fourth-order valence-corrected chi connectivity index (χ4v) is 5.48. The van der Waals surface area contributed by atoms with Gasteiger partial charge >= 0.3 is 6.18 Å². The Morgan fingerprint density at radius 2 is 1.66 bits per heavy atom. The number of anilines is 2. The van der Waals surface area contributed by atoms with Gasteiger partial charge in [-0.2, -0.15) is 22.7 Å².